The first-order valence-electron chi connectivity index (χ1n) is 10.6. The number of urea groups is 1. The quantitative estimate of drug-likeness (QED) is 0.465. The Labute approximate surface area is 182 Å². The van der Waals surface area contributed by atoms with Crippen molar-refractivity contribution in [2.75, 3.05) is 11.9 Å². The molecule has 4 rings (SSSR count). The third-order valence-corrected chi connectivity index (χ3v) is 5.27. The van der Waals surface area contributed by atoms with Gasteiger partial charge in [-0.1, -0.05) is 38.1 Å². The molecule has 0 radical (unpaired) electrons. The van der Waals surface area contributed by atoms with Crippen LogP contribution in [0.3, 0.4) is 0 Å². The molecule has 31 heavy (non-hydrogen) atoms. The first kappa shape index (κ1) is 20.7. The summed E-state index contributed by atoms with van der Waals surface area (Å²) in [5.41, 5.74) is 3.93. The standard InChI is InChI=1S/C24H28N6O/c1-17(2)23-25-11-13-29(23)16-19-7-6-8-20(15-19)28-24(31)26-12-14-30-18(3)27-21-9-4-5-10-22(21)30/h4-11,13,15,17H,12,14,16H2,1-3H3,(H2,26,28,31). The second-order valence-corrected chi connectivity index (χ2v) is 7.95. The second-order valence-electron chi connectivity index (χ2n) is 7.95. The average Bonchev–Trinajstić information content (AvgIpc) is 3.32. The molecule has 2 amide bonds. The minimum atomic E-state index is -0.218. The smallest absolute Gasteiger partial charge is 0.319 e. The second kappa shape index (κ2) is 9.04. The Morgan fingerprint density at radius 3 is 2.81 bits per heavy atom. The van der Waals surface area contributed by atoms with E-state index in [0.29, 0.717) is 19.0 Å². The van der Waals surface area contributed by atoms with Crippen molar-refractivity contribution in [1.82, 2.24) is 24.4 Å². The van der Waals surface area contributed by atoms with Gasteiger partial charge in [0.1, 0.15) is 11.6 Å². The van der Waals surface area contributed by atoms with E-state index in [-0.39, 0.29) is 6.03 Å². The van der Waals surface area contributed by atoms with Gasteiger partial charge < -0.3 is 19.8 Å². The number of nitrogens with zero attached hydrogens (tertiary/aromatic N) is 4. The Morgan fingerprint density at radius 2 is 1.97 bits per heavy atom. The maximum absolute atomic E-state index is 12.4. The summed E-state index contributed by atoms with van der Waals surface area (Å²) < 4.78 is 4.26. The fourth-order valence-corrected chi connectivity index (χ4v) is 3.83. The van der Waals surface area contributed by atoms with Crippen molar-refractivity contribution >= 4 is 22.8 Å². The number of carbonyl (C=O) groups is 1. The molecule has 7 nitrogen and oxygen atoms in total. The van der Waals surface area contributed by atoms with Crippen molar-refractivity contribution in [3.05, 3.63) is 78.1 Å². The summed E-state index contributed by atoms with van der Waals surface area (Å²) in [6, 6.07) is 15.7. The van der Waals surface area contributed by atoms with Gasteiger partial charge in [-0.2, -0.15) is 0 Å². The van der Waals surface area contributed by atoms with Gasteiger partial charge in [-0.05, 0) is 36.8 Å². The number of imidazole rings is 2. The lowest BCUT2D eigenvalue weighted by Crippen LogP contribution is -2.31. The zero-order chi connectivity index (χ0) is 21.8. The van der Waals surface area contributed by atoms with Crippen LogP contribution in [0.4, 0.5) is 10.5 Å². The van der Waals surface area contributed by atoms with Gasteiger partial charge >= 0.3 is 6.03 Å². The highest BCUT2D eigenvalue weighted by Crippen LogP contribution is 2.17. The average molecular weight is 417 g/mol. The fraction of sp³-hybridized carbons (Fsp3) is 0.292. The van der Waals surface area contributed by atoms with Crippen molar-refractivity contribution in [1.29, 1.82) is 0 Å². The lowest BCUT2D eigenvalue weighted by molar-refractivity contribution is 0.251. The zero-order valence-electron chi connectivity index (χ0n) is 18.2. The van der Waals surface area contributed by atoms with E-state index in [0.717, 1.165) is 40.5 Å². The summed E-state index contributed by atoms with van der Waals surface area (Å²) in [6.45, 7) is 8.15. The number of aryl methyl sites for hydroxylation is 1. The third-order valence-electron chi connectivity index (χ3n) is 5.27. The SMILES string of the molecule is Cc1nc2ccccc2n1CCNC(=O)Nc1cccc(Cn2ccnc2C(C)C)c1. The van der Waals surface area contributed by atoms with E-state index in [1.54, 1.807) is 0 Å². The highest BCUT2D eigenvalue weighted by Gasteiger charge is 2.09. The molecule has 4 aromatic rings. The minimum absolute atomic E-state index is 0.218. The Bertz CT molecular complexity index is 1190. The molecule has 0 spiro atoms. The van der Waals surface area contributed by atoms with Gasteiger partial charge in [0, 0.05) is 43.6 Å². The number of nitrogens with one attached hydrogen (secondary N) is 2. The molecule has 0 aliphatic rings. The number of hydrogen-bond donors (Lipinski definition) is 2. The predicted molar refractivity (Wildman–Crippen MR) is 123 cm³/mol. The molecule has 0 atom stereocenters. The molecular weight excluding hydrogens is 388 g/mol. The summed E-state index contributed by atoms with van der Waals surface area (Å²) in [6.07, 6.45) is 3.82. The fourth-order valence-electron chi connectivity index (χ4n) is 3.83. The van der Waals surface area contributed by atoms with Crippen LogP contribution in [0.5, 0.6) is 0 Å². The van der Waals surface area contributed by atoms with E-state index in [4.69, 9.17) is 0 Å². The molecule has 0 unspecified atom stereocenters. The van der Waals surface area contributed by atoms with Crippen LogP contribution in [0.25, 0.3) is 11.0 Å². The number of fused-ring (bicyclic) bond motifs is 1. The van der Waals surface area contributed by atoms with Gasteiger partial charge in [0.25, 0.3) is 0 Å². The Morgan fingerprint density at radius 1 is 1.13 bits per heavy atom. The lowest BCUT2D eigenvalue weighted by atomic mass is 10.1. The van der Waals surface area contributed by atoms with Crippen molar-refractivity contribution in [2.24, 2.45) is 0 Å². The highest BCUT2D eigenvalue weighted by molar-refractivity contribution is 5.89. The number of carbonyl (C=O) groups excluding carboxylic acids is 1. The van der Waals surface area contributed by atoms with E-state index >= 15 is 0 Å². The molecule has 0 bridgehead atoms. The summed E-state index contributed by atoms with van der Waals surface area (Å²) in [5.74, 6) is 2.35. The van der Waals surface area contributed by atoms with Gasteiger partial charge in [0.05, 0.1) is 11.0 Å². The first-order valence-corrected chi connectivity index (χ1v) is 10.6. The van der Waals surface area contributed by atoms with Gasteiger partial charge in [0.15, 0.2) is 0 Å². The van der Waals surface area contributed by atoms with Crippen molar-refractivity contribution in [3.8, 4) is 0 Å². The van der Waals surface area contributed by atoms with E-state index in [9.17, 15) is 4.79 Å². The number of hydrogen-bond acceptors (Lipinski definition) is 3. The molecule has 2 N–H and O–H groups in total. The van der Waals surface area contributed by atoms with Gasteiger partial charge in [-0.15, -0.1) is 0 Å². The number of rotatable bonds is 7. The number of amides is 2. The molecule has 160 valence electrons. The molecule has 0 saturated carbocycles. The summed E-state index contributed by atoms with van der Waals surface area (Å²) in [7, 11) is 0. The normalized spacial score (nSPS) is 11.2. The van der Waals surface area contributed by atoms with E-state index < -0.39 is 0 Å². The number of aromatic nitrogens is 4. The molecule has 0 aliphatic carbocycles. The van der Waals surface area contributed by atoms with Crippen LogP contribution in [0.2, 0.25) is 0 Å². The maximum atomic E-state index is 12.4. The third kappa shape index (κ3) is 4.77. The first-order chi connectivity index (χ1) is 15.0. The molecule has 2 heterocycles. The highest BCUT2D eigenvalue weighted by atomic mass is 16.2. The Kier molecular flexibility index (Phi) is 6.02. The van der Waals surface area contributed by atoms with Gasteiger partial charge in [-0.25, -0.2) is 14.8 Å². The van der Waals surface area contributed by atoms with Crippen LogP contribution in [0.1, 0.15) is 37.0 Å². The van der Waals surface area contributed by atoms with Crippen LogP contribution in [0, 0.1) is 6.92 Å². The molecular formula is C24H28N6O. The monoisotopic (exact) mass is 416 g/mol. The van der Waals surface area contributed by atoms with Crippen LogP contribution in [0.15, 0.2) is 60.9 Å². The Balaban J connectivity index is 1.34. The largest absolute Gasteiger partial charge is 0.336 e. The van der Waals surface area contributed by atoms with Crippen LogP contribution < -0.4 is 10.6 Å². The summed E-state index contributed by atoms with van der Waals surface area (Å²) >= 11 is 0. The summed E-state index contributed by atoms with van der Waals surface area (Å²) in [5, 5.41) is 5.87. The van der Waals surface area contributed by atoms with Gasteiger partial charge in [-0.3, -0.25) is 0 Å². The van der Waals surface area contributed by atoms with E-state index in [2.05, 4.69) is 49.6 Å². The number of benzene rings is 2. The maximum Gasteiger partial charge on any atom is 0.319 e. The van der Waals surface area contributed by atoms with Crippen LogP contribution in [-0.4, -0.2) is 31.7 Å². The summed E-state index contributed by atoms with van der Waals surface area (Å²) in [4.78, 5) is 21.4. The minimum Gasteiger partial charge on any atom is -0.336 e. The number of anilines is 1. The van der Waals surface area contributed by atoms with Gasteiger partial charge in [0.2, 0.25) is 0 Å². The van der Waals surface area contributed by atoms with Crippen molar-refractivity contribution < 1.29 is 4.79 Å². The zero-order valence-corrected chi connectivity index (χ0v) is 18.2. The lowest BCUT2D eigenvalue weighted by Gasteiger charge is -2.12. The van der Waals surface area contributed by atoms with Crippen molar-refractivity contribution in [2.45, 2.75) is 39.8 Å². The molecule has 0 fully saturated rings. The van der Waals surface area contributed by atoms with E-state index in [1.165, 1.54) is 0 Å². The predicted octanol–water partition coefficient (Wildman–Crippen LogP) is 4.53. The van der Waals surface area contributed by atoms with Crippen LogP contribution in [-0.2, 0) is 13.1 Å². The Hall–Kier alpha value is -3.61. The molecule has 2 aromatic carbocycles. The van der Waals surface area contributed by atoms with E-state index in [1.807, 2.05) is 61.8 Å². The molecule has 7 heteroatoms. The molecule has 0 saturated heterocycles. The van der Waals surface area contributed by atoms with Crippen LogP contribution >= 0.6 is 0 Å². The molecule has 2 aromatic heterocycles. The molecule has 0 aliphatic heterocycles. The topological polar surface area (TPSA) is 76.8 Å². The number of para-hydroxylation sites is 2. The van der Waals surface area contributed by atoms with Crippen molar-refractivity contribution in [3.63, 3.8) is 0 Å².